The fourth-order valence-corrected chi connectivity index (χ4v) is 3.73. The lowest BCUT2D eigenvalue weighted by Crippen LogP contribution is -2.45. The van der Waals surface area contributed by atoms with Crippen LogP contribution in [-0.2, 0) is 11.2 Å². The first-order valence-corrected chi connectivity index (χ1v) is 8.20. The average Bonchev–Trinajstić information content (AvgIpc) is 2.95. The van der Waals surface area contributed by atoms with Crippen LogP contribution in [0.5, 0.6) is 0 Å². The zero-order valence-electron chi connectivity index (χ0n) is 13.8. The minimum absolute atomic E-state index is 0.137. The highest BCUT2D eigenvalue weighted by Gasteiger charge is 2.34. The molecule has 0 bridgehead atoms. The summed E-state index contributed by atoms with van der Waals surface area (Å²) in [6, 6.07) is 13.6. The molecule has 0 saturated carbocycles. The van der Waals surface area contributed by atoms with Crippen molar-refractivity contribution in [1.29, 1.82) is 0 Å². The van der Waals surface area contributed by atoms with Gasteiger partial charge in [-0.25, -0.2) is 0 Å². The molecule has 0 amide bonds. The van der Waals surface area contributed by atoms with Crippen molar-refractivity contribution in [3.8, 4) is 0 Å². The van der Waals surface area contributed by atoms with E-state index in [0.29, 0.717) is 6.42 Å². The van der Waals surface area contributed by atoms with Crippen molar-refractivity contribution in [2.24, 2.45) is 0 Å². The van der Waals surface area contributed by atoms with Crippen molar-refractivity contribution in [3.05, 3.63) is 70.4 Å². The van der Waals surface area contributed by atoms with Gasteiger partial charge in [0.25, 0.3) is 0 Å². The molecule has 4 heteroatoms. The van der Waals surface area contributed by atoms with Crippen LogP contribution in [0.2, 0.25) is 0 Å². The Balaban J connectivity index is 1.94. The number of benzene rings is 2. The van der Waals surface area contributed by atoms with E-state index >= 15 is 0 Å². The van der Waals surface area contributed by atoms with Crippen LogP contribution in [0.25, 0.3) is 10.9 Å². The molecule has 1 aliphatic rings. The van der Waals surface area contributed by atoms with Gasteiger partial charge in [-0.1, -0.05) is 36.4 Å². The van der Waals surface area contributed by atoms with Gasteiger partial charge in [-0.05, 0) is 42.2 Å². The summed E-state index contributed by atoms with van der Waals surface area (Å²) in [6.45, 7) is 4.18. The molecule has 122 valence electrons. The Morgan fingerprint density at radius 1 is 1.12 bits per heavy atom. The Kier molecular flexibility index (Phi) is 3.43. The van der Waals surface area contributed by atoms with E-state index in [9.17, 15) is 9.90 Å². The summed E-state index contributed by atoms with van der Waals surface area (Å²) in [5, 5.41) is 14.0. The molecule has 0 saturated heterocycles. The molecule has 24 heavy (non-hydrogen) atoms. The van der Waals surface area contributed by atoms with E-state index < -0.39 is 12.0 Å². The number of aromatic nitrogens is 1. The molecule has 0 aliphatic carbocycles. The Labute approximate surface area is 140 Å². The zero-order valence-corrected chi connectivity index (χ0v) is 13.8. The third-order valence-electron chi connectivity index (χ3n) is 5.17. The van der Waals surface area contributed by atoms with Crippen LogP contribution in [-0.4, -0.2) is 22.1 Å². The molecule has 2 atom stereocenters. The quantitative estimate of drug-likeness (QED) is 0.677. The molecule has 2 unspecified atom stereocenters. The Morgan fingerprint density at radius 2 is 1.92 bits per heavy atom. The molecule has 4 nitrogen and oxygen atoms in total. The molecule has 0 spiro atoms. The summed E-state index contributed by atoms with van der Waals surface area (Å²) in [5.41, 5.74) is 6.81. The number of H-pyrrole nitrogens is 1. The second kappa shape index (κ2) is 5.49. The lowest BCUT2D eigenvalue weighted by atomic mass is 9.87. The van der Waals surface area contributed by atoms with Crippen molar-refractivity contribution in [1.82, 2.24) is 10.3 Å². The van der Waals surface area contributed by atoms with Crippen LogP contribution in [0.15, 0.2) is 42.5 Å². The number of aryl methyl sites for hydroxylation is 1. The van der Waals surface area contributed by atoms with Crippen molar-refractivity contribution < 1.29 is 9.90 Å². The highest BCUT2D eigenvalue weighted by molar-refractivity contribution is 5.87. The van der Waals surface area contributed by atoms with E-state index in [-0.39, 0.29) is 6.04 Å². The summed E-state index contributed by atoms with van der Waals surface area (Å²) in [4.78, 5) is 15.2. The average molecular weight is 320 g/mol. The van der Waals surface area contributed by atoms with Gasteiger partial charge in [0.05, 0.1) is 6.04 Å². The maximum Gasteiger partial charge on any atom is 0.321 e. The van der Waals surface area contributed by atoms with Crippen LogP contribution in [0.4, 0.5) is 0 Å². The molecule has 2 aromatic carbocycles. The van der Waals surface area contributed by atoms with Gasteiger partial charge in [0.15, 0.2) is 0 Å². The predicted octanol–water partition coefficient (Wildman–Crippen LogP) is 3.47. The first kappa shape index (κ1) is 15.0. The van der Waals surface area contributed by atoms with Crippen LogP contribution in [0.1, 0.15) is 34.0 Å². The molecule has 0 radical (unpaired) electrons. The molecule has 4 rings (SSSR count). The Bertz CT molecular complexity index is 942. The molecule has 3 aromatic rings. The standard InChI is InChI=1S/C20H20N2O2/c1-11-6-5-8-13(12(11)2)18-19-15(10-17(22-18)20(23)24)14-7-3-4-9-16(14)21-19/h3-9,17-18,21-22H,10H2,1-2H3,(H,23,24). The lowest BCUT2D eigenvalue weighted by Gasteiger charge is -2.30. The molecule has 0 fully saturated rings. The Morgan fingerprint density at radius 3 is 2.71 bits per heavy atom. The predicted molar refractivity (Wildman–Crippen MR) is 94.3 cm³/mol. The molecule has 1 aromatic heterocycles. The SMILES string of the molecule is Cc1cccc(C2NC(C(=O)O)Cc3c2[nH]c2ccccc32)c1C. The van der Waals surface area contributed by atoms with Gasteiger partial charge in [-0.2, -0.15) is 0 Å². The monoisotopic (exact) mass is 320 g/mol. The second-order valence-electron chi connectivity index (χ2n) is 6.55. The van der Waals surface area contributed by atoms with Crippen LogP contribution in [0.3, 0.4) is 0 Å². The summed E-state index contributed by atoms with van der Waals surface area (Å²) in [5.74, 6) is -0.804. The number of aliphatic carboxylic acids is 1. The number of carboxylic acid groups (broad SMARTS) is 1. The maximum atomic E-state index is 11.7. The highest BCUT2D eigenvalue weighted by Crippen LogP contribution is 2.36. The fraction of sp³-hybridized carbons (Fsp3) is 0.250. The number of aromatic amines is 1. The minimum Gasteiger partial charge on any atom is -0.480 e. The fourth-order valence-electron chi connectivity index (χ4n) is 3.73. The topological polar surface area (TPSA) is 65.1 Å². The van der Waals surface area contributed by atoms with Crippen molar-refractivity contribution in [2.75, 3.05) is 0 Å². The van der Waals surface area contributed by atoms with Gasteiger partial charge in [0.2, 0.25) is 0 Å². The van der Waals surface area contributed by atoms with Gasteiger partial charge < -0.3 is 10.1 Å². The number of para-hydroxylation sites is 1. The lowest BCUT2D eigenvalue weighted by molar-refractivity contribution is -0.139. The van der Waals surface area contributed by atoms with E-state index in [2.05, 4.69) is 42.3 Å². The Hall–Kier alpha value is -2.59. The van der Waals surface area contributed by atoms with Gasteiger partial charge in [0, 0.05) is 23.0 Å². The molecule has 1 aliphatic heterocycles. The van der Waals surface area contributed by atoms with Crippen LogP contribution >= 0.6 is 0 Å². The van der Waals surface area contributed by atoms with Crippen LogP contribution < -0.4 is 5.32 Å². The highest BCUT2D eigenvalue weighted by atomic mass is 16.4. The van der Waals surface area contributed by atoms with Gasteiger partial charge in [-0.15, -0.1) is 0 Å². The minimum atomic E-state index is -0.804. The molecule has 2 heterocycles. The third kappa shape index (κ3) is 2.22. The third-order valence-corrected chi connectivity index (χ3v) is 5.17. The number of carboxylic acids is 1. The summed E-state index contributed by atoms with van der Waals surface area (Å²) < 4.78 is 0. The van der Waals surface area contributed by atoms with Gasteiger partial charge in [0.1, 0.15) is 6.04 Å². The number of hydrogen-bond acceptors (Lipinski definition) is 2. The second-order valence-corrected chi connectivity index (χ2v) is 6.55. The molecule has 3 N–H and O–H groups in total. The largest absolute Gasteiger partial charge is 0.480 e. The summed E-state index contributed by atoms with van der Waals surface area (Å²) in [7, 11) is 0. The van der Waals surface area contributed by atoms with Crippen LogP contribution in [0, 0.1) is 13.8 Å². The first-order chi connectivity index (χ1) is 11.6. The van der Waals surface area contributed by atoms with Crippen molar-refractivity contribution >= 4 is 16.9 Å². The molecular weight excluding hydrogens is 300 g/mol. The van der Waals surface area contributed by atoms with Crippen molar-refractivity contribution in [3.63, 3.8) is 0 Å². The number of nitrogens with one attached hydrogen (secondary N) is 2. The number of carbonyl (C=O) groups is 1. The first-order valence-electron chi connectivity index (χ1n) is 8.20. The summed E-state index contributed by atoms with van der Waals surface area (Å²) >= 11 is 0. The molecular formula is C20H20N2O2. The van der Waals surface area contributed by atoms with E-state index in [1.165, 1.54) is 11.1 Å². The number of fused-ring (bicyclic) bond motifs is 3. The number of rotatable bonds is 2. The van der Waals surface area contributed by atoms with E-state index in [1.807, 2.05) is 24.3 Å². The maximum absolute atomic E-state index is 11.7. The van der Waals surface area contributed by atoms with Gasteiger partial charge in [-0.3, -0.25) is 10.1 Å². The number of hydrogen-bond donors (Lipinski definition) is 3. The van der Waals surface area contributed by atoms with Crippen molar-refractivity contribution in [2.45, 2.75) is 32.4 Å². The smallest absolute Gasteiger partial charge is 0.321 e. The van der Waals surface area contributed by atoms with E-state index in [0.717, 1.165) is 27.7 Å². The zero-order chi connectivity index (χ0) is 16.8. The summed E-state index contributed by atoms with van der Waals surface area (Å²) in [6.07, 6.45) is 0.496. The van der Waals surface area contributed by atoms with Gasteiger partial charge >= 0.3 is 5.97 Å². The van der Waals surface area contributed by atoms with E-state index in [4.69, 9.17) is 0 Å². The normalized spacial score (nSPS) is 20.1. The van der Waals surface area contributed by atoms with E-state index in [1.54, 1.807) is 0 Å².